The van der Waals surface area contributed by atoms with Crippen molar-refractivity contribution in [2.45, 2.75) is 13.0 Å². The van der Waals surface area contributed by atoms with Crippen LogP contribution >= 0.6 is 0 Å². The molecule has 1 saturated heterocycles. The fraction of sp³-hybridized carbons (Fsp3) is 0.259. The summed E-state index contributed by atoms with van der Waals surface area (Å²) in [5.74, 6) is 0. The van der Waals surface area contributed by atoms with Gasteiger partial charge in [-0.15, -0.1) is 0 Å². The van der Waals surface area contributed by atoms with Crippen LogP contribution in [0, 0.1) is 11.3 Å². The van der Waals surface area contributed by atoms with E-state index < -0.39 is 0 Å². The van der Waals surface area contributed by atoms with E-state index in [1.54, 1.807) is 0 Å². The van der Waals surface area contributed by atoms with Gasteiger partial charge < -0.3 is 9.30 Å². The van der Waals surface area contributed by atoms with Crippen molar-refractivity contribution >= 4 is 5.65 Å². The van der Waals surface area contributed by atoms with Crippen LogP contribution in [-0.2, 0) is 6.54 Å². The smallest absolute Gasteiger partial charge is 0.137 e. The van der Waals surface area contributed by atoms with E-state index >= 15 is 0 Å². The van der Waals surface area contributed by atoms with Gasteiger partial charge >= 0.3 is 0 Å². The molecule has 5 heteroatoms. The molecule has 5 nitrogen and oxygen atoms in total. The number of nitrogens with zero attached hydrogens (tertiary/aromatic N) is 5. The highest BCUT2D eigenvalue weighted by molar-refractivity contribution is 5.70. The third kappa shape index (κ3) is 4.16. The maximum absolute atomic E-state index is 9.19. The molecule has 0 aliphatic carbocycles. The standard InChI is InChI=1S/C27H27N5/c1-30-14-5-15-31(17-16-30)20-25-27(23-10-8-21(18-28)9-11-23)29-26-13-12-24(19-32(25)26)22-6-3-2-4-7-22/h2-4,6-13,19H,5,14-17,20H2,1H3. The van der Waals surface area contributed by atoms with E-state index in [0.717, 1.165) is 49.6 Å². The zero-order valence-electron chi connectivity index (χ0n) is 18.4. The number of likely N-dealkylation sites (N-methyl/N-ethyl adjacent to an activating group) is 1. The van der Waals surface area contributed by atoms with Gasteiger partial charge in [0.2, 0.25) is 0 Å². The second-order valence-electron chi connectivity index (χ2n) is 8.54. The van der Waals surface area contributed by atoms with Crippen LogP contribution in [0.15, 0.2) is 72.9 Å². The Labute approximate surface area is 189 Å². The van der Waals surface area contributed by atoms with Gasteiger partial charge in [0, 0.05) is 31.4 Å². The maximum atomic E-state index is 9.19. The Morgan fingerprint density at radius 1 is 0.844 bits per heavy atom. The maximum Gasteiger partial charge on any atom is 0.137 e. The highest BCUT2D eigenvalue weighted by Gasteiger charge is 2.19. The summed E-state index contributed by atoms with van der Waals surface area (Å²) in [5.41, 5.74) is 7.25. The van der Waals surface area contributed by atoms with Crippen molar-refractivity contribution in [1.82, 2.24) is 19.2 Å². The predicted molar refractivity (Wildman–Crippen MR) is 128 cm³/mol. The Kier molecular flexibility index (Phi) is 5.72. The second-order valence-corrected chi connectivity index (χ2v) is 8.54. The summed E-state index contributed by atoms with van der Waals surface area (Å²) in [5, 5.41) is 9.19. The molecule has 160 valence electrons. The first-order valence-electron chi connectivity index (χ1n) is 11.2. The number of pyridine rings is 1. The molecule has 0 unspecified atom stereocenters. The molecule has 1 aliphatic rings. The molecule has 1 fully saturated rings. The fourth-order valence-electron chi connectivity index (χ4n) is 4.45. The number of imidazole rings is 1. The van der Waals surface area contributed by atoms with Gasteiger partial charge in [-0.3, -0.25) is 4.90 Å². The van der Waals surface area contributed by atoms with Crippen LogP contribution in [-0.4, -0.2) is 52.4 Å². The zero-order valence-corrected chi connectivity index (χ0v) is 18.4. The van der Waals surface area contributed by atoms with Gasteiger partial charge in [-0.1, -0.05) is 42.5 Å². The first-order valence-corrected chi connectivity index (χ1v) is 11.2. The van der Waals surface area contributed by atoms with Gasteiger partial charge in [0.25, 0.3) is 0 Å². The zero-order chi connectivity index (χ0) is 21.9. The van der Waals surface area contributed by atoms with E-state index in [2.05, 4.69) is 69.9 Å². The first-order chi connectivity index (χ1) is 15.7. The lowest BCUT2D eigenvalue weighted by Crippen LogP contribution is -2.29. The van der Waals surface area contributed by atoms with Crippen molar-refractivity contribution in [2.75, 3.05) is 33.2 Å². The average molecular weight is 422 g/mol. The Balaban J connectivity index is 1.60. The van der Waals surface area contributed by atoms with Crippen LogP contribution in [0.5, 0.6) is 0 Å². The summed E-state index contributed by atoms with van der Waals surface area (Å²) in [6.45, 7) is 5.21. The van der Waals surface area contributed by atoms with E-state index in [1.165, 1.54) is 23.2 Å². The molecule has 5 rings (SSSR count). The summed E-state index contributed by atoms with van der Waals surface area (Å²) < 4.78 is 2.25. The minimum Gasteiger partial charge on any atom is -0.305 e. The number of nitriles is 1. The molecule has 0 spiro atoms. The van der Waals surface area contributed by atoms with Crippen LogP contribution in [0.4, 0.5) is 0 Å². The molecular weight excluding hydrogens is 394 g/mol. The van der Waals surface area contributed by atoms with Crippen LogP contribution in [0.3, 0.4) is 0 Å². The number of benzene rings is 2. The number of fused-ring (bicyclic) bond motifs is 1. The third-order valence-electron chi connectivity index (χ3n) is 6.30. The molecular formula is C27H27N5. The molecule has 0 bridgehead atoms. The molecule has 4 aromatic rings. The van der Waals surface area contributed by atoms with Crippen LogP contribution < -0.4 is 0 Å². The Morgan fingerprint density at radius 3 is 2.41 bits per heavy atom. The molecule has 0 atom stereocenters. The number of rotatable bonds is 4. The van der Waals surface area contributed by atoms with E-state index in [0.29, 0.717) is 5.56 Å². The Hall–Kier alpha value is -3.46. The molecule has 2 aromatic carbocycles. The molecule has 2 aromatic heterocycles. The van der Waals surface area contributed by atoms with E-state index in [-0.39, 0.29) is 0 Å². The van der Waals surface area contributed by atoms with Gasteiger partial charge in [0.05, 0.1) is 23.0 Å². The van der Waals surface area contributed by atoms with Crippen LogP contribution in [0.2, 0.25) is 0 Å². The topological polar surface area (TPSA) is 47.6 Å². The summed E-state index contributed by atoms with van der Waals surface area (Å²) in [4.78, 5) is 9.96. The van der Waals surface area contributed by atoms with E-state index in [4.69, 9.17) is 4.98 Å². The predicted octanol–water partition coefficient (Wildman–Crippen LogP) is 4.68. The molecule has 32 heavy (non-hydrogen) atoms. The van der Waals surface area contributed by atoms with Gasteiger partial charge in [0.1, 0.15) is 5.65 Å². The number of hydrogen-bond donors (Lipinski definition) is 0. The summed E-state index contributed by atoms with van der Waals surface area (Å²) >= 11 is 0. The highest BCUT2D eigenvalue weighted by atomic mass is 15.2. The Morgan fingerprint density at radius 2 is 1.62 bits per heavy atom. The highest BCUT2D eigenvalue weighted by Crippen LogP contribution is 2.29. The van der Waals surface area contributed by atoms with Gasteiger partial charge in [0.15, 0.2) is 0 Å². The SMILES string of the molecule is CN1CCCN(Cc2c(-c3ccc(C#N)cc3)nc3ccc(-c4ccccc4)cn23)CC1. The largest absolute Gasteiger partial charge is 0.305 e. The van der Waals surface area contributed by atoms with Crippen LogP contribution in [0.1, 0.15) is 17.7 Å². The first kappa shape index (κ1) is 20.4. The fourth-order valence-corrected chi connectivity index (χ4v) is 4.45. The second kappa shape index (κ2) is 8.96. The minimum atomic E-state index is 0.668. The monoisotopic (exact) mass is 421 g/mol. The lowest BCUT2D eigenvalue weighted by atomic mass is 10.1. The average Bonchev–Trinajstić information content (AvgIpc) is 3.06. The summed E-state index contributed by atoms with van der Waals surface area (Å²) in [6, 6.07) is 24.7. The lowest BCUT2D eigenvalue weighted by molar-refractivity contribution is 0.266. The molecule has 3 heterocycles. The minimum absolute atomic E-state index is 0.668. The van der Waals surface area contributed by atoms with Crippen LogP contribution in [0.25, 0.3) is 28.0 Å². The van der Waals surface area contributed by atoms with Gasteiger partial charge in [-0.2, -0.15) is 5.26 Å². The van der Waals surface area contributed by atoms with Gasteiger partial charge in [-0.25, -0.2) is 4.98 Å². The van der Waals surface area contributed by atoms with Crippen molar-refractivity contribution < 1.29 is 0 Å². The quantitative estimate of drug-likeness (QED) is 0.480. The molecule has 1 aliphatic heterocycles. The van der Waals surface area contributed by atoms with Crippen molar-refractivity contribution in [3.05, 3.63) is 84.2 Å². The number of aromatic nitrogens is 2. The number of hydrogen-bond acceptors (Lipinski definition) is 4. The molecule has 0 radical (unpaired) electrons. The lowest BCUT2D eigenvalue weighted by Gasteiger charge is -2.21. The third-order valence-corrected chi connectivity index (χ3v) is 6.30. The molecule has 0 N–H and O–H groups in total. The van der Waals surface area contributed by atoms with Gasteiger partial charge in [-0.05, 0) is 62.0 Å². The summed E-state index contributed by atoms with van der Waals surface area (Å²) in [6.07, 6.45) is 3.39. The normalized spacial score (nSPS) is 15.5. The van der Waals surface area contributed by atoms with Crippen molar-refractivity contribution in [1.29, 1.82) is 5.26 Å². The molecule has 0 saturated carbocycles. The van der Waals surface area contributed by atoms with Crippen molar-refractivity contribution in [3.63, 3.8) is 0 Å². The van der Waals surface area contributed by atoms with Crippen molar-refractivity contribution in [3.8, 4) is 28.5 Å². The molecule has 0 amide bonds. The summed E-state index contributed by atoms with van der Waals surface area (Å²) in [7, 11) is 2.20. The van der Waals surface area contributed by atoms with E-state index in [1.807, 2.05) is 30.3 Å². The van der Waals surface area contributed by atoms with E-state index in [9.17, 15) is 5.26 Å². The van der Waals surface area contributed by atoms with Crippen molar-refractivity contribution in [2.24, 2.45) is 0 Å². The Bertz CT molecular complexity index is 1250.